The van der Waals surface area contributed by atoms with Crippen molar-refractivity contribution in [2.45, 2.75) is 39.3 Å². The van der Waals surface area contributed by atoms with Gasteiger partial charge in [-0.2, -0.15) is 0 Å². The van der Waals surface area contributed by atoms with Crippen LogP contribution in [-0.2, 0) is 9.53 Å². The maximum atomic E-state index is 12.2. The molecule has 3 atom stereocenters. The van der Waals surface area contributed by atoms with Gasteiger partial charge in [0.2, 0.25) is 5.91 Å². The van der Waals surface area contributed by atoms with Gasteiger partial charge in [0, 0.05) is 25.0 Å². The average molecular weight is 226 g/mol. The van der Waals surface area contributed by atoms with Crippen molar-refractivity contribution in [3.05, 3.63) is 0 Å². The third-order valence-electron chi connectivity index (χ3n) is 3.80. The second-order valence-corrected chi connectivity index (χ2v) is 5.80. The highest BCUT2D eigenvalue weighted by atomic mass is 16.5. The standard InChI is InChI=1S/C12H22N2O2/c1-8(13)10-7-14(4-5-16-10)11(15)9-6-12(9,2)3/h8-10H,4-7,13H2,1-3H3/t8-,9-,10-/m0/s1. The Balaban J connectivity index is 1.92. The fourth-order valence-corrected chi connectivity index (χ4v) is 2.30. The summed E-state index contributed by atoms with van der Waals surface area (Å²) in [6.45, 7) is 8.22. The van der Waals surface area contributed by atoms with E-state index in [1.807, 2.05) is 11.8 Å². The molecule has 0 aromatic rings. The minimum Gasteiger partial charge on any atom is -0.373 e. The lowest BCUT2D eigenvalue weighted by Crippen LogP contribution is -2.52. The summed E-state index contributed by atoms with van der Waals surface area (Å²) in [4.78, 5) is 14.1. The van der Waals surface area contributed by atoms with Crippen molar-refractivity contribution >= 4 is 5.91 Å². The van der Waals surface area contributed by atoms with Crippen molar-refractivity contribution in [3.8, 4) is 0 Å². The third-order valence-corrected chi connectivity index (χ3v) is 3.80. The van der Waals surface area contributed by atoms with Gasteiger partial charge in [-0.25, -0.2) is 0 Å². The van der Waals surface area contributed by atoms with Gasteiger partial charge in [-0.3, -0.25) is 4.79 Å². The second kappa shape index (κ2) is 4.00. The van der Waals surface area contributed by atoms with Crippen LogP contribution in [0.25, 0.3) is 0 Å². The molecule has 0 spiro atoms. The van der Waals surface area contributed by atoms with Crippen molar-refractivity contribution in [1.29, 1.82) is 0 Å². The van der Waals surface area contributed by atoms with Gasteiger partial charge in [0.1, 0.15) is 0 Å². The minimum absolute atomic E-state index is 0.000405. The van der Waals surface area contributed by atoms with Crippen molar-refractivity contribution in [3.63, 3.8) is 0 Å². The summed E-state index contributed by atoms with van der Waals surface area (Å²) >= 11 is 0. The summed E-state index contributed by atoms with van der Waals surface area (Å²) < 4.78 is 5.55. The Morgan fingerprint density at radius 2 is 2.19 bits per heavy atom. The zero-order chi connectivity index (χ0) is 11.9. The monoisotopic (exact) mass is 226 g/mol. The highest BCUT2D eigenvalue weighted by Crippen LogP contribution is 2.52. The Morgan fingerprint density at radius 3 is 2.69 bits per heavy atom. The molecule has 2 N–H and O–H groups in total. The molecule has 2 fully saturated rings. The Hall–Kier alpha value is -0.610. The first-order valence-corrected chi connectivity index (χ1v) is 6.08. The van der Waals surface area contributed by atoms with Crippen molar-refractivity contribution in [2.24, 2.45) is 17.1 Å². The first-order chi connectivity index (χ1) is 7.42. The van der Waals surface area contributed by atoms with E-state index in [-0.39, 0.29) is 23.5 Å². The molecule has 4 nitrogen and oxygen atoms in total. The Labute approximate surface area is 97.1 Å². The Bertz CT molecular complexity index is 289. The zero-order valence-corrected chi connectivity index (χ0v) is 10.4. The SMILES string of the molecule is C[C@H](N)[C@@H]1CN(C(=O)[C@@H]2CC2(C)C)CCO1. The molecule has 4 heteroatoms. The number of hydrogen-bond acceptors (Lipinski definition) is 3. The summed E-state index contributed by atoms with van der Waals surface area (Å²) in [5, 5.41) is 0. The Kier molecular flexibility index (Phi) is 2.97. The van der Waals surface area contributed by atoms with Crippen LogP contribution in [0.4, 0.5) is 0 Å². The molecule has 1 aliphatic heterocycles. The summed E-state index contributed by atoms with van der Waals surface area (Å²) in [5.74, 6) is 0.512. The van der Waals surface area contributed by atoms with Crippen molar-refractivity contribution in [2.75, 3.05) is 19.7 Å². The molecule has 1 saturated carbocycles. The number of rotatable bonds is 2. The van der Waals surface area contributed by atoms with Gasteiger partial charge in [0.15, 0.2) is 0 Å². The lowest BCUT2D eigenvalue weighted by molar-refractivity contribution is -0.141. The van der Waals surface area contributed by atoms with Gasteiger partial charge in [-0.15, -0.1) is 0 Å². The van der Waals surface area contributed by atoms with Crippen LogP contribution < -0.4 is 5.73 Å². The number of hydrogen-bond donors (Lipinski definition) is 1. The molecular weight excluding hydrogens is 204 g/mol. The van der Waals surface area contributed by atoms with E-state index in [0.29, 0.717) is 25.6 Å². The van der Waals surface area contributed by atoms with E-state index in [1.54, 1.807) is 0 Å². The summed E-state index contributed by atoms with van der Waals surface area (Å²) in [7, 11) is 0. The summed E-state index contributed by atoms with van der Waals surface area (Å²) in [5.41, 5.74) is 6.02. The van der Waals surface area contributed by atoms with Crippen molar-refractivity contribution < 1.29 is 9.53 Å². The smallest absolute Gasteiger partial charge is 0.226 e. The van der Waals surface area contributed by atoms with E-state index in [0.717, 1.165) is 6.42 Å². The Morgan fingerprint density at radius 1 is 1.56 bits per heavy atom. The molecule has 16 heavy (non-hydrogen) atoms. The van der Waals surface area contributed by atoms with Crippen LogP contribution in [0.1, 0.15) is 27.2 Å². The average Bonchev–Trinajstić information content (AvgIpc) is 2.87. The maximum Gasteiger partial charge on any atom is 0.226 e. The maximum absolute atomic E-state index is 12.2. The van der Waals surface area contributed by atoms with E-state index in [1.165, 1.54) is 0 Å². The second-order valence-electron chi connectivity index (χ2n) is 5.80. The highest BCUT2D eigenvalue weighted by molar-refractivity contribution is 5.82. The summed E-state index contributed by atoms with van der Waals surface area (Å²) in [6, 6.07) is -0.0113. The van der Waals surface area contributed by atoms with E-state index < -0.39 is 0 Å². The van der Waals surface area contributed by atoms with E-state index in [2.05, 4.69) is 13.8 Å². The fraction of sp³-hybridized carbons (Fsp3) is 0.917. The molecule has 0 bridgehead atoms. The van der Waals surface area contributed by atoms with Gasteiger partial charge in [0.25, 0.3) is 0 Å². The van der Waals surface area contributed by atoms with Crippen molar-refractivity contribution in [1.82, 2.24) is 4.90 Å². The predicted molar refractivity (Wildman–Crippen MR) is 61.9 cm³/mol. The van der Waals surface area contributed by atoms with E-state index in [9.17, 15) is 4.79 Å². The minimum atomic E-state index is -0.0113. The quantitative estimate of drug-likeness (QED) is 0.750. The first-order valence-electron chi connectivity index (χ1n) is 6.08. The van der Waals surface area contributed by atoms with Gasteiger partial charge >= 0.3 is 0 Å². The van der Waals surface area contributed by atoms with E-state index >= 15 is 0 Å². The van der Waals surface area contributed by atoms with Crippen LogP contribution in [0.3, 0.4) is 0 Å². The lowest BCUT2D eigenvalue weighted by atomic mass is 10.1. The molecule has 2 rings (SSSR count). The molecule has 1 aliphatic carbocycles. The predicted octanol–water partition coefficient (Wildman–Crippen LogP) is 0.607. The number of ether oxygens (including phenoxy) is 1. The molecule has 0 aromatic heterocycles. The van der Waals surface area contributed by atoms with Crippen LogP contribution >= 0.6 is 0 Å². The third kappa shape index (κ3) is 2.23. The van der Waals surface area contributed by atoms with Gasteiger partial charge in [-0.1, -0.05) is 13.8 Å². The van der Waals surface area contributed by atoms with Crippen LogP contribution in [0.15, 0.2) is 0 Å². The van der Waals surface area contributed by atoms with E-state index in [4.69, 9.17) is 10.5 Å². The highest BCUT2D eigenvalue weighted by Gasteiger charge is 2.52. The van der Waals surface area contributed by atoms with Crippen LogP contribution in [0.2, 0.25) is 0 Å². The molecule has 92 valence electrons. The number of nitrogens with two attached hydrogens (primary N) is 1. The molecule has 1 saturated heterocycles. The number of carbonyl (C=O) groups is 1. The van der Waals surface area contributed by atoms with Gasteiger partial charge in [-0.05, 0) is 18.8 Å². The van der Waals surface area contributed by atoms with Gasteiger partial charge in [0.05, 0.1) is 12.7 Å². The normalized spacial score (nSPS) is 34.6. The van der Waals surface area contributed by atoms with Crippen LogP contribution in [-0.4, -0.2) is 42.6 Å². The summed E-state index contributed by atoms with van der Waals surface area (Å²) in [6.07, 6.45) is 1.02. The zero-order valence-electron chi connectivity index (χ0n) is 10.4. The number of amides is 1. The number of morpholine rings is 1. The number of carbonyl (C=O) groups excluding carboxylic acids is 1. The van der Waals surface area contributed by atoms with Crippen LogP contribution in [0, 0.1) is 11.3 Å². The molecule has 0 radical (unpaired) electrons. The largest absolute Gasteiger partial charge is 0.373 e. The molecule has 0 aromatic carbocycles. The lowest BCUT2D eigenvalue weighted by Gasteiger charge is -2.35. The van der Waals surface area contributed by atoms with Gasteiger partial charge < -0.3 is 15.4 Å². The van der Waals surface area contributed by atoms with Crippen LogP contribution in [0.5, 0.6) is 0 Å². The fourth-order valence-electron chi connectivity index (χ4n) is 2.30. The molecule has 1 amide bonds. The first kappa shape index (κ1) is 11.9. The molecule has 0 unspecified atom stereocenters. The molecule has 2 aliphatic rings. The number of nitrogens with zero attached hydrogens (tertiary/aromatic N) is 1. The topological polar surface area (TPSA) is 55.6 Å². The molecule has 1 heterocycles. The molecular formula is C12H22N2O2.